The van der Waals surface area contributed by atoms with Crippen molar-refractivity contribution >= 4 is 25.5 Å². The summed E-state index contributed by atoms with van der Waals surface area (Å²) < 4.78 is 47.1. The summed E-state index contributed by atoms with van der Waals surface area (Å²) in [7, 11) is -6.89. The number of Topliss-reactive ketones (excluding diaryl/α,β-unsaturated/α-hetero) is 1. The standard InChI is InChI=1S/C12H14O5S2/c1-18(14,15)10-4-6-11(7-5-10)19(16,17)12-3-2-9(13)8-12/h4-7,12H,2-3,8H2,1H3. The Morgan fingerprint density at radius 2 is 1.53 bits per heavy atom. The van der Waals surface area contributed by atoms with E-state index in [1.165, 1.54) is 24.3 Å². The number of hydrogen-bond acceptors (Lipinski definition) is 5. The highest BCUT2D eigenvalue weighted by atomic mass is 32.2. The Hall–Kier alpha value is -1.21. The van der Waals surface area contributed by atoms with Crippen molar-refractivity contribution in [3.05, 3.63) is 24.3 Å². The van der Waals surface area contributed by atoms with Gasteiger partial charge in [0.15, 0.2) is 19.7 Å². The fourth-order valence-electron chi connectivity index (χ4n) is 2.11. The Morgan fingerprint density at radius 3 is 1.95 bits per heavy atom. The van der Waals surface area contributed by atoms with E-state index in [-0.39, 0.29) is 22.0 Å². The first-order valence-corrected chi connectivity index (χ1v) is 9.21. The van der Waals surface area contributed by atoms with E-state index in [0.717, 1.165) is 6.26 Å². The van der Waals surface area contributed by atoms with Crippen LogP contribution in [0.4, 0.5) is 0 Å². The number of sulfone groups is 2. The van der Waals surface area contributed by atoms with Crippen LogP contribution in [0.3, 0.4) is 0 Å². The molecular formula is C12H14O5S2. The Balaban J connectivity index is 2.34. The Kier molecular flexibility index (Phi) is 3.53. The fourth-order valence-corrected chi connectivity index (χ4v) is 4.48. The molecule has 1 aliphatic rings. The van der Waals surface area contributed by atoms with Crippen molar-refractivity contribution in [3.8, 4) is 0 Å². The highest BCUT2D eigenvalue weighted by Gasteiger charge is 2.34. The number of ketones is 1. The molecule has 0 radical (unpaired) electrons. The van der Waals surface area contributed by atoms with Crippen LogP contribution in [0, 0.1) is 0 Å². The van der Waals surface area contributed by atoms with Crippen molar-refractivity contribution in [2.45, 2.75) is 34.3 Å². The van der Waals surface area contributed by atoms with Gasteiger partial charge in [-0.1, -0.05) is 0 Å². The first-order chi connectivity index (χ1) is 8.71. The molecule has 19 heavy (non-hydrogen) atoms. The van der Waals surface area contributed by atoms with Crippen LogP contribution in [-0.2, 0) is 24.5 Å². The van der Waals surface area contributed by atoms with Crippen molar-refractivity contribution in [3.63, 3.8) is 0 Å². The maximum absolute atomic E-state index is 12.2. The molecule has 0 aromatic heterocycles. The lowest BCUT2D eigenvalue weighted by Gasteiger charge is -2.10. The predicted molar refractivity (Wildman–Crippen MR) is 69.4 cm³/mol. The zero-order valence-electron chi connectivity index (χ0n) is 10.4. The molecule has 0 bridgehead atoms. The van der Waals surface area contributed by atoms with E-state index in [1.54, 1.807) is 0 Å². The molecular weight excluding hydrogens is 288 g/mol. The predicted octanol–water partition coefficient (Wildman–Crippen LogP) is 0.985. The second-order valence-corrected chi connectivity index (χ2v) is 8.94. The Bertz CT molecular complexity index is 699. The fraction of sp³-hybridized carbons (Fsp3) is 0.417. The molecule has 1 saturated carbocycles. The van der Waals surface area contributed by atoms with Gasteiger partial charge >= 0.3 is 0 Å². The van der Waals surface area contributed by atoms with Crippen LogP contribution in [0.5, 0.6) is 0 Å². The van der Waals surface area contributed by atoms with Crippen LogP contribution in [0.1, 0.15) is 19.3 Å². The van der Waals surface area contributed by atoms with Gasteiger partial charge < -0.3 is 0 Å². The summed E-state index contributed by atoms with van der Waals surface area (Å²) in [5.41, 5.74) is 0. The molecule has 0 N–H and O–H groups in total. The molecule has 5 nitrogen and oxygen atoms in total. The summed E-state index contributed by atoms with van der Waals surface area (Å²) in [6.07, 6.45) is 1.75. The zero-order chi connectivity index (χ0) is 14.3. The van der Waals surface area contributed by atoms with Gasteiger partial charge in [0.05, 0.1) is 15.0 Å². The van der Waals surface area contributed by atoms with E-state index in [0.29, 0.717) is 12.8 Å². The Labute approximate surface area is 112 Å². The van der Waals surface area contributed by atoms with Crippen molar-refractivity contribution in [2.75, 3.05) is 6.26 Å². The quantitative estimate of drug-likeness (QED) is 0.831. The van der Waals surface area contributed by atoms with E-state index < -0.39 is 24.9 Å². The first kappa shape index (κ1) is 14.2. The summed E-state index contributed by atoms with van der Waals surface area (Å²) in [6, 6.07) is 5.13. The van der Waals surface area contributed by atoms with Crippen LogP contribution >= 0.6 is 0 Å². The molecule has 0 amide bonds. The average Bonchev–Trinajstić information content (AvgIpc) is 2.76. The van der Waals surface area contributed by atoms with Gasteiger partial charge in [0.1, 0.15) is 5.78 Å². The van der Waals surface area contributed by atoms with Crippen LogP contribution in [0.25, 0.3) is 0 Å². The van der Waals surface area contributed by atoms with E-state index in [2.05, 4.69) is 0 Å². The third-order valence-corrected chi connectivity index (χ3v) is 6.56. The van der Waals surface area contributed by atoms with Gasteiger partial charge in [-0.25, -0.2) is 16.8 Å². The van der Waals surface area contributed by atoms with Crippen molar-refractivity contribution in [1.29, 1.82) is 0 Å². The molecule has 0 saturated heterocycles. The molecule has 1 atom stereocenters. The summed E-state index contributed by atoms with van der Waals surface area (Å²) >= 11 is 0. The van der Waals surface area contributed by atoms with Gasteiger partial charge in [-0.05, 0) is 30.7 Å². The molecule has 0 heterocycles. The molecule has 2 rings (SSSR count). The molecule has 1 aromatic carbocycles. The lowest BCUT2D eigenvalue weighted by Crippen LogP contribution is -2.18. The molecule has 7 heteroatoms. The van der Waals surface area contributed by atoms with Gasteiger partial charge in [-0.2, -0.15) is 0 Å². The third kappa shape index (κ3) is 2.87. The summed E-state index contributed by atoms with van der Waals surface area (Å²) in [5.74, 6) is -0.0404. The van der Waals surface area contributed by atoms with Crippen LogP contribution < -0.4 is 0 Å². The van der Waals surface area contributed by atoms with Gasteiger partial charge in [0.2, 0.25) is 0 Å². The molecule has 1 fully saturated rings. The van der Waals surface area contributed by atoms with E-state index in [9.17, 15) is 21.6 Å². The minimum Gasteiger partial charge on any atom is -0.300 e. The molecule has 1 aliphatic carbocycles. The molecule has 1 unspecified atom stereocenters. The highest BCUT2D eigenvalue weighted by Crippen LogP contribution is 2.28. The lowest BCUT2D eigenvalue weighted by molar-refractivity contribution is -0.117. The molecule has 104 valence electrons. The molecule has 0 aliphatic heterocycles. The van der Waals surface area contributed by atoms with Gasteiger partial charge in [0, 0.05) is 19.1 Å². The zero-order valence-corrected chi connectivity index (χ0v) is 12.0. The van der Waals surface area contributed by atoms with E-state index in [1.807, 2.05) is 0 Å². The van der Waals surface area contributed by atoms with Gasteiger partial charge in [-0.3, -0.25) is 4.79 Å². The maximum Gasteiger partial charge on any atom is 0.181 e. The largest absolute Gasteiger partial charge is 0.300 e. The normalized spacial score (nSPS) is 20.7. The summed E-state index contributed by atoms with van der Waals surface area (Å²) in [4.78, 5) is 11.3. The van der Waals surface area contributed by atoms with Gasteiger partial charge in [-0.15, -0.1) is 0 Å². The van der Waals surface area contributed by atoms with Crippen LogP contribution in [0.15, 0.2) is 34.1 Å². The number of benzene rings is 1. The second-order valence-electron chi connectivity index (χ2n) is 4.69. The minimum atomic E-state index is -3.55. The molecule has 0 spiro atoms. The number of carbonyl (C=O) groups excluding carboxylic acids is 1. The van der Waals surface area contributed by atoms with E-state index >= 15 is 0 Å². The topological polar surface area (TPSA) is 85.3 Å². The van der Waals surface area contributed by atoms with Crippen molar-refractivity contribution in [2.24, 2.45) is 0 Å². The average molecular weight is 302 g/mol. The summed E-state index contributed by atoms with van der Waals surface area (Å²) in [6.45, 7) is 0. The number of rotatable bonds is 3. The van der Waals surface area contributed by atoms with Crippen molar-refractivity contribution in [1.82, 2.24) is 0 Å². The Morgan fingerprint density at radius 1 is 1.00 bits per heavy atom. The van der Waals surface area contributed by atoms with Crippen LogP contribution in [-0.4, -0.2) is 34.1 Å². The maximum atomic E-state index is 12.2. The monoisotopic (exact) mass is 302 g/mol. The second kappa shape index (κ2) is 4.72. The first-order valence-electron chi connectivity index (χ1n) is 5.77. The SMILES string of the molecule is CS(=O)(=O)c1ccc(S(=O)(=O)C2CCC(=O)C2)cc1. The lowest BCUT2D eigenvalue weighted by atomic mass is 10.3. The number of carbonyl (C=O) groups is 1. The van der Waals surface area contributed by atoms with Crippen LogP contribution in [0.2, 0.25) is 0 Å². The smallest absolute Gasteiger partial charge is 0.181 e. The van der Waals surface area contributed by atoms with E-state index in [4.69, 9.17) is 0 Å². The third-order valence-electron chi connectivity index (χ3n) is 3.22. The number of hydrogen-bond donors (Lipinski definition) is 0. The highest BCUT2D eigenvalue weighted by molar-refractivity contribution is 7.92. The van der Waals surface area contributed by atoms with Crippen molar-refractivity contribution < 1.29 is 21.6 Å². The summed E-state index contributed by atoms with van der Waals surface area (Å²) in [5, 5.41) is -0.677. The van der Waals surface area contributed by atoms with Gasteiger partial charge in [0.25, 0.3) is 0 Å². The molecule has 1 aromatic rings. The minimum absolute atomic E-state index is 0.0404.